The highest BCUT2D eigenvalue weighted by Crippen LogP contribution is 2.36. The molecule has 0 amide bonds. The number of ether oxygens (including phenoxy) is 1. The number of nitrogens with two attached hydrogens (primary N) is 2. The van der Waals surface area contributed by atoms with Gasteiger partial charge < -0.3 is 10.5 Å². The molecule has 4 N–H and O–H groups in total. The molecule has 1 aromatic rings. The fourth-order valence-corrected chi connectivity index (χ4v) is 1.31. The number of halogens is 6. The lowest BCUT2D eigenvalue weighted by atomic mass is 10.2. The normalized spacial score (nSPS) is 12.9. The zero-order chi connectivity index (χ0) is 18.0. The first kappa shape index (κ1) is 18.3. The number of alkyl halides is 6. The topological polar surface area (TPSA) is 104 Å². The maximum atomic E-state index is 12.5. The average molecular weight is 344 g/mol. The maximum Gasteiger partial charge on any atom is 0.431 e. The molecule has 0 atom stereocenters. The van der Waals surface area contributed by atoms with E-state index >= 15 is 0 Å². The largest absolute Gasteiger partial charge is 0.431 e. The third-order valence-electron chi connectivity index (χ3n) is 2.34. The SMILES string of the molecule is N/C(=C\C(=[NH2+])Oc1ccc(C(F)(F)F)cc1[N+](=O)[O-])C(F)(F)F. The van der Waals surface area contributed by atoms with E-state index in [-0.39, 0.29) is 12.1 Å². The Morgan fingerprint density at radius 3 is 2.26 bits per heavy atom. The van der Waals surface area contributed by atoms with Crippen LogP contribution in [0.4, 0.5) is 32.0 Å². The summed E-state index contributed by atoms with van der Waals surface area (Å²) >= 11 is 0. The van der Waals surface area contributed by atoms with Gasteiger partial charge in [-0.2, -0.15) is 26.3 Å². The van der Waals surface area contributed by atoms with Crippen molar-refractivity contribution >= 4 is 11.6 Å². The summed E-state index contributed by atoms with van der Waals surface area (Å²) < 4.78 is 78.6. The van der Waals surface area contributed by atoms with E-state index in [0.717, 1.165) is 0 Å². The molecule has 0 unspecified atom stereocenters. The second-order valence-electron chi connectivity index (χ2n) is 4.04. The molecular weight excluding hydrogens is 336 g/mol. The highest BCUT2D eigenvalue weighted by atomic mass is 19.4. The third kappa shape index (κ3) is 4.86. The van der Waals surface area contributed by atoms with Gasteiger partial charge >= 0.3 is 23.9 Å². The van der Waals surface area contributed by atoms with Crippen molar-refractivity contribution in [3.63, 3.8) is 0 Å². The summed E-state index contributed by atoms with van der Waals surface area (Å²) in [6, 6.07) is 1.18. The molecule has 0 aliphatic carbocycles. The second kappa shape index (κ2) is 6.14. The monoisotopic (exact) mass is 344 g/mol. The van der Waals surface area contributed by atoms with Crippen molar-refractivity contribution in [3.8, 4) is 5.75 Å². The van der Waals surface area contributed by atoms with Gasteiger partial charge in [0.2, 0.25) is 5.75 Å². The lowest BCUT2D eigenvalue weighted by Gasteiger charge is -2.08. The number of nitrogens with zero attached hydrogens (tertiary/aromatic N) is 1. The number of nitro benzene ring substituents is 1. The van der Waals surface area contributed by atoms with Crippen LogP contribution in [0, 0.1) is 10.1 Å². The summed E-state index contributed by atoms with van der Waals surface area (Å²) in [5.74, 6) is -1.76. The Labute approximate surface area is 123 Å². The van der Waals surface area contributed by atoms with Crippen molar-refractivity contribution < 1.29 is 41.4 Å². The lowest BCUT2D eigenvalue weighted by molar-refractivity contribution is -0.385. The molecule has 0 fully saturated rings. The van der Waals surface area contributed by atoms with Gasteiger partial charge in [0, 0.05) is 6.07 Å². The zero-order valence-corrected chi connectivity index (χ0v) is 10.9. The van der Waals surface area contributed by atoms with Crippen molar-refractivity contribution in [2.45, 2.75) is 12.4 Å². The molecule has 1 aromatic carbocycles. The van der Waals surface area contributed by atoms with Crippen LogP contribution in [0.5, 0.6) is 5.75 Å². The Kier molecular flexibility index (Phi) is 4.87. The van der Waals surface area contributed by atoms with Crippen molar-refractivity contribution in [2.24, 2.45) is 5.73 Å². The van der Waals surface area contributed by atoms with Crippen molar-refractivity contribution in [3.05, 3.63) is 45.6 Å². The lowest BCUT2D eigenvalue weighted by Crippen LogP contribution is -2.43. The molecule has 0 bridgehead atoms. The van der Waals surface area contributed by atoms with Gasteiger partial charge in [-0.25, -0.2) is 5.41 Å². The van der Waals surface area contributed by atoms with E-state index in [1.165, 1.54) is 0 Å². The maximum absolute atomic E-state index is 12.5. The Morgan fingerprint density at radius 2 is 1.83 bits per heavy atom. The van der Waals surface area contributed by atoms with Crippen LogP contribution in [0.25, 0.3) is 0 Å². The molecule has 1 rings (SSSR count). The first-order valence-corrected chi connectivity index (χ1v) is 5.52. The van der Waals surface area contributed by atoms with E-state index in [1.54, 1.807) is 0 Å². The summed E-state index contributed by atoms with van der Waals surface area (Å²) in [6.45, 7) is 0. The number of hydrogen-bond donors (Lipinski definition) is 2. The Balaban J connectivity index is 3.15. The van der Waals surface area contributed by atoms with Gasteiger partial charge in [0.15, 0.2) is 0 Å². The number of allylic oxidation sites excluding steroid dienone is 1. The number of nitro groups is 1. The van der Waals surface area contributed by atoms with Gasteiger partial charge in [0.05, 0.1) is 16.6 Å². The Hall–Kier alpha value is -2.79. The molecule has 0 saturated carbocycles. The molecule has 0 saturated heterocycles. The summed E-state index contributed by atoms with van der Waals surface area (Å²) in [5, 5.41) is 15.8. The first-order valence-electron chi connectivity index (χ1n) is 5.52. The van der Waals surface area contributed by atoms with E-state index in [1.807, 2.05) is 0 Å². The molecule has 0 heterocycles. The average Bonchev–Trinajstić information content (AvgIpc) is 2.36. The zero-order valence-electron chi connectivity index (χ0n) is 10.9. The summed E-state index contributed by atoms with van der Waals surface area (Å²) in [7, 11) is 0. The molecule has 0 spiro atoms. The minimum atomic E-state index is -4.92. The van der Waals surface area contributed by atoms with E-state index < -0.39 is 45.9 Å². The molecular formula is C11H8F6N3O3+. The van der Waals surface area contributed by atoms with Gasteiger partial charge in [-0.15, -0.1) is 0 Å². The van der Waals surface area contributed by atoms with E-state index in [0.29, 0.717) is 12.1 Å². The smallest absolute Gasteiger partial charge is 0.398 e. The Morgan fingerprint density at radius 1 is 1.26 bits per heavy atom. The molecule has 12 heteroatoms. The van der Waals surface area contributed by atoms with Crippen molar-refractivity contribution in [1.82, 2.24) is 0 Å². The number of benzene rings is 1. The predicted octanol–water partition coefficient (Wildman–Crippen LogP) is 1.55. The van der Waals surface area contributed by atoms with Crippen LogP contribution >= 0.6 is 0 Å². The van der Waals surface area contributed by atoms with Gasteiger partial charge in [-0.3, -0.25) is 10.1 Å². The molecule has 0 radical (unpaired) electrons. The molecule has 0 aliphatic heterocycles. The van der Waals surface area contributed by atoms with Crippen LogP contribution in [-0.4, -0.2) is 17.0 Å². The molecule has 23 heavy (non-hydrogen) atoms. The predicted molar refractivity (Wildman–Crippen MR) is 64.0 cm³/mol. The van der Waals surface area contributed by atoms with E-state index in [2.05, 4.69) is 10.5 Å². The van der Waals surface area contributed by atoms with Crippen molar-refractivity contribution in [2.75, 3.05) is 0 Å². The molecule has 0 aromatic heterocycles. The standard InChI is InChI=1S/C11H7F6N3O3/c12-10(13,14)5-1-2-7(6(3-5)20(21)22)23-9(19)4-8(18)11(15,16)17/h1-4,19H,18H2/p+1/b8-4-,19-9?. The number of hydrogen-bond acceptors (Lipinski definition) is 4. The Bertz CT molecular complexity index is 666. The van der Waals surface area contributed by atoms with Gasteiger partial charge in [0.25, 0.3) is 0 Å². The molecule has 126 valence electrons. The number of rotatable bonds is 3. The minimum Gasteiger partial charge on any atom is -0.398 e. The van der Waals surface area contributed by atoms with Gasteiger partial charge in [0.1, 0.15) is 5.70 Å². The molecule has 0 aliphatic rings. The van der Waals surface area contributed by atoms with Gasteiger partial charge in [-0.05, 0) is 12.1 Å². The van der Waals surface area contributed by atoms with Crippen LogP contribution in [0.1, 0.15) is 5.56 Å². The van der Waals surface area contributed by atoms with E-state index in [9.17, 15) is 36.5 Å². The third-order valence-corrected chi connectivity index (χ3v) is 2.34. The minimum absolute atomic E-state index is 0.140. The van der Waals surface area contributed by atoms with Gasteiger partial charge in [-0.1, -0.05) is 0 Å². The summed E-state index contributed by atoms with van der Waals surface area (Å²) in [4.78, 5) is 9.55. The highest BCUT2D eigenvalue weighted by molar-refractivity contribution is 5.85. The van der Waals surface area contributed by atoms with E-state index in [4.69, 9.17) is 5.41 Å². The fraction of sp³-hybridized carbons (Fsp3) is 0.182. The van der Waals surface area contributed by atoms with Crippen LogP contribution in [0.2, 0.25) is 0 Å². The van der Waals surface area contributed by atoms with Crippen LogP contribution in [0.3, 0.4) is 0 Å². The molecule has 6 nitrogen and oxygen atoms in total. The van der Waals surface area contributed by atoms with Crippen LogP contribution in [0.15, 0.2) is 30.0 Å². The summed E-state index contributed by atoms with van der Waals surface area (Å²) in [6.07, 6.45) is -9.62. The first-order chi connectivity index (χ1) is 10.3. The second-order valence-corrected chi connectivity index (χ2v) is 4.04. The summed E-state index contributed by atoms with van der Waals surface area (Å²) in [5.41, 5.74) is 0.552. The van der Waals surface area contributed by atoms with Crippen LogP contribution in [-0.2, 0) is 6.18 Å². The quantitative estimate of drug-likeness (QED) is 0.285. The van der Waals surface area contributed by atoms with Crippen LogP contribution < -0.4 is 15.9 Å². The fourth-order valence-electron chi connectivity index (χ4n) is 1.31. The van der Waals surface area contributed by atoms with Crippen molar-refractivity contribution in [1.29, 1.82) is 0 Å². The highest BCUT2D eigenvalue weighted by Gasteiger charge is 2.35.